The highest BCUT2D eigenvalue weighted by atomic mass is 16.2. The number of aryl methyl sites for hydroxylation is 2. The summed E-state index contributed by atoms with van der Waals surface area (Å²) >= 11 is 0. The van der Waals surface area contributed by atoms with Crippen LogP contribution in [0.2, 0.25) is 0 Å². The maximum absolute atomic E-state index is 12.9. The first-order chi connectivity index (χ1) is 12.1. The monoisotopic (exact) mass is 338 g/mol. The van der Waals surface area contributed by atoms with Crippen LogP contribution in [-0.2, 0) is 17.8 Å². The van der Waals surface area contributed by atoms with Crippen molar-refractivity contribution in [3.8, 4) is 0 Å². The first kappa shape index (κ1) is 16.3. The number of rotatable bonds is 4. The van der Waals surface area contributed by atoms with Gasteiger partial charge in [0.05, 0.1) is 6.42 Å². The smallest absolute Gasteiger partial charge is 0.227 e. The van der Waals surface area contributed by atoms with Crippen LogP contribution in [0.25, 0.3) is 0 Å². The zero-order valence-corrected chi connectivity index (χ0v) is 15.1. The Bertz CT molecular complexity index is 760. The summed E-state index contributed by atoms with van der Waals surface area (Å²) in [5, 5.41) is 8.53. The van der Waals surface area contributed by atoms with Crippen LogP contribution in [0.1, 0.15) is 49.1 Å². The number of amides is 1. The molecule has 1 unspecified atom stereocenters. The van der Waals surface area contributed by atoms with E-state index in [0.29, 0.717) is 12.3 Å². The lowest BCUT2D eigenvalue weighted by Crippen LogP contribution is -2.38. The molecule has 1 aromatic carbocycles. The van der Waals surface area contributed by atoms with Crippen LogP contribution in [0.15, 0.2) is 30.6 Å². The van der Waals surface area contributed by atoms with Crippen molar-refractivity contribution in [2.45, 2.75) is 52.0 Å². The Morgan fingerprint density at radius 2 is 2.04 bits per heavy atom. The van der Waals surface area contributed by atoms with Gasteiger partial charge in [-0.2, -0.15) is 0 Å². The number of carbonyl (C=O) groups excluding carboxylic acids is 1. The van der Waals surface area contributed by atoms with E-state index in [9.17, 15) is 4.79 Å². The largest absolute Gasteiger partial charge is 0.341 e. The molecule has 1 atom stereocenters. The van der Waals surface area contributed by atoms with E-state index >= 15 is 0 Å². The van der Waals surface area contributed by atoms with E-state index in [2.05, 4.69) is 57.8 Å². The predicted molar refractivity (Wildman–Crippen MR) is 96.2 cm³/mol. The number of likely N-dealkylation sites (tertiary alicyclic amines) is 1. The van der Waals surface area contributed by atoms with E-state index in [4.69, 9.17) is 0 Å². The molecule has 1 aromatic heterocycles. The fraction of sp³-hybridized carbons (Fsp3) is 0.550. The minimum absolute atomic E-state index is 0.225. The number of hydrogen-bond donors (Lipinski definition) is 0. The van der Waals surface area contributed by atoms with Gasteiger partial charge in [-0.15, -0.1) is 10.2 Å². The third kappa shape index (κ3) is 2.86. The van der Waals surface area contributed by atoms with Crippen LogP contribution < -0.4 is 0 Å². The topological polar surface area (TPSA) is 51.0 Å². The molecule has 0 bridgehead atoms. The van der Waals surface area contributed by atoms with Crippen molar-refractivity contribution in [1.82, 2.24) is 19.7 Å². The Kier molecular flexibility index (Phi) is 4.10. The Hall–Kier alpha value is -2.17. The SMILES string of the molecule is CCn1cnnc1C1CN(C(=O)Cc2ccc(C)cc2)CC12CCC2. The molecule has 2 heterocycles. The lowest BCUT2D eigenvalue weighted by atomic mass is 9.62. The van der Waals surface area contributed by atoms with Crippen molar-refractivity contribution in [2.24, 2.45) is 5.41 Å². The number of aromatic nitrogens is 3. The number of hydrogen-bond acceptors (Lipinski definition) is 3. The normalized spacial score (nSPS) is 21.5. The summed E-state index contributed by atoms with van der Waals surface area (Å²) in [6.07, 6.45) is 5.96. The fourth-order valence-electron chi connectivity index (χ4n) is 4.42. The molecule has 4 rings (SSSR count). The fourth-order valence-corrected chi connectivity index (χ4v) is 4.42. The molecule has 25 heavy (non-hydrogen) atoms. The highest BCUT2D eigenvalue weighted by molar-refractivity contribution is 5.79. The Morgan fingerprint density at radius 3 is 2.68 bits per heavy atom. The second-order valence-corrected chi connectivity index (χ2v) is 7.68. The van der Waals surface area contributed by atoms with Gasteiger partial charge in [0.15, 0.2) is 0 Å². The lowest BCUT2D eigenvalue weighted by Gasteiger charge is -2.42. The van der Waals surface area contributed by atoms with Gasteiger partial charge in [0.2, 0.25) is 5.91 Å². The molecule has 2 aromatic rings. The highest BCUT2D eigenvalue weighted by Gasteiger charge is 2.53. The molecule has 2 fully saturated rings. The van der Waals surface area contributed by atoms with Gasteiger partial charge in [0.25, 0.3) is 0 Å². The van der Waals surface area contributed by atoms with Gasteiger partial charge in [-0.05, 0) is 37.7 Å². The summed E-state index contributed by atoms with van der Waals surface area (Å²) in [6, 6.07) is 8.28. The molecule has 0 N–H and O–H groups in total. The number of nitrogens with zero attached hydrogens (tertiary/aromatic N) is 4. The number of carbonyl (C=O) groups is 1. The van der Waals surface area contributed by atoms with Crippen molar-refractivity contribution in [2.75, 3.05) is 13.1 Å². The standard InChI is InChI=1S/C20H26N4O/c1-3-23-14-21-22-19(23)17-12-24(13-20(17)9-4-10-20)18(25)11-16-7-5-15(2)6-8-16/h5-8,14,17H,3-4,9-13H2,1-2H3. The van der Waals surface area contributed by atoms with Gasteiger partial charge in [0.1, 0.15) is 12.2 Å². The van der Waals surface area contributed by atoms with Crippen LogP contribution in [0.4, 0.5) is 0 Å². The minimum atomic E-state index is 0.225. The van der Waals surface area contributed by atoms with Crippen molar-refractivity contribution >= 4 is 5.91 Å². The molecule has 5 nitrogen and oxygen atoms in total. The summed E-state index contributed by atoms with van der Waals surface area (Å²) in [5.41, 5.74) is 2.55. The first-order valence-electron chi connectivity index (χ1n) is 9.32. The van der Waals surface area contributed by atoms with Crippen molar-refractivity contribution < 1.29 is 4.79 Å². The summed E-state index contributed by atoms with van der Waals surface area (Å²) < 4.78 is 2.14. The molecule has 1 saturated carbocycles. The highest BCUT2D eigenvalue weighted by Crippen LogP contribution is 2.55. The first-order valence-corrected chi connectivity index (χ1v) is 9.32. The van der Waals surface area contributed by atoms with E-state index in [1.807, 2.05) is 6.33 Å². The molecule has 1 saturated heterocycles. The third-order valence-electron chi connectivity index (χ3n) is 6.12. The Morgan fingerprint density at radius 1 is 1.28 bits per heavy atom. The zero-order valence-electron chi connectivity index (χ0n) is 15.1. The van der Waals surface area contributed by atoms with Crippen LogP contribution in [0.3, 0.4) is 0 Å². The molecule has 1 aliphatic carbocycles. The summed E-state index contributed by atoms with van der Waals surface area (Å²) in [5.74, 6) is 1.62. The molecule has 0 radical (unpaired) electrons. The van der Waals surface area contributed by atoms with Gasteiger partial charge in [0, 0.05) is 25.6 Å². The van der Waals surface area contributed by atoms with Crippen LogP contribution in [-0.4, -0.2) is 38.7 Å². The molecule has 1 spiro atoms. The average Bonchev–Trinajstić information content (AvgIpc) is 3.20. The van der Waals surface area contributed by atoms with E-state index in [1.54, 1.807) is 0 Å². The summed E-state index contributed by atoms with van der Waals surface area (Å²) in [4.78, 5) is 14.9. The maximum Gasteiger partial charge on any atom is 0.227 e. The van der Waals surface area contributed by atoms with E-state index in [0.717, 1.165) is 31.0 Å². The second kappa shape index (κ2) is 6.28. The summed E-state index contributed by atoms with van der Waals surface area (Å²) in [7, 11) is 0. The van der Waals surface area contributed by atoms with Crippen molar-refractivity contribution in [1.29, 1.82) is 0 Å². The van der Waals surface area contributed by atoms with Gasteiger partial charge >= 0.3 is 0 Å². The molecular weight excluding hydrogens is 312 g/mol. The average molecular weight is 338 g/mol. The molecule has 2 aliphatic rings. The quantitative estimate of drug-likeness (QED) is 0.861. The van der Waals surface area contributed by atoms with E-state index in [-0.39, 0.29) is 11.3 Å². The van der Waals surface area contributed by atoms with E-state index < -0.39 is 0 Å². The maximum atomic E-state index is 12.9. The van der Waals surface area contributed by atoms with Gasteiger partial charge in [-0.25, -0.2) is 0 Å². The molecule has 5 heteroatoms. The summed E-state index contributed by atoms with van der Waals surface area (Å²) in [6.45, 7) is 6.73. The van der Waals surface area contributed by atoms with Gasteiger partial charge < -0.3 is 9.47 Å². The van der Waals surface area contributed by atoms with E-state index in [1.165, 1.54) is 24.8 Å². The van der Waals surface area contributed by atoms with Gasteiger partial charge in [-0.1, -0.05) is 36.2 Å². The predicted octanol–water partition coefficient (Wildman–Crippen LogP) is 2.95. The lowest BCUT2D eigenvalue weighted by molar-refractivity contribution is -0.130. The molecule has 1 aliphatic heterocycles. The molecule has 1 amide bonds. The third-order valence-corrected chi connectivity index (χ3v) is 6.12. The Balaban J connectivity index is 1.52. The van der Waals surface area contributed by atoms with Gasteiger partial charge in [-0.3, -0.25) is 4.79 Å². The zero-order chi connectivity index (χ0) is 17.4. The molecular formula is C20H26N4O. The van der Waals surface area contributed by atoms with Crippen LogP contribution >= 0.6 is 0 Å². The van der Waals surface area contributed by atoms with Crippen LogP contribution in [0, 0.1) is 12.3 Å². The minimum Gasteiger partial charge on any atom is -0.341 e. The van der Waals surface area contributed by atoms with Crippen molar-refractivity contribution in [3.63, 3.8) is 0 Å². The van der Waals surface area contributed by atoms with Crippen LogP contribution in [0.5, 0.6) is 0 Å². The molecule has 132 valence electrons. The van der Waals surface area contributed by atoms with Crippen molar-refractivity contribution in [3.05, 3.63) is 47.5 Å². The Labute approximate surface area is 149 Å². The second-order valence-electron chi connectivity index (χ2n) is 7.68. The number of benzene rings is 1.